The summed E-state index contributed by atoms with van der Waals surface area (Å²) < 4.78 is 31.9. The SMILES string of the molecule is O=C(Nc1ccc(C(=O)N2CCOCC(F)(F)C2)cc1)C1CC1. The van der Waals surface area contributed by atoms with Crippen molar-refractivity contribution in [2.24, 2.45) is 5.92 Å². The lowest BCUT2D eigenvalue weighted by Crippen LogP contribution is -2.41. The Morgan fingerprint density at radius 1 is 1.22 bits per heavy atom. The molecule has 124 valence electrons. The molecule has 1 N–H and O–H groups in total. The van der Waals surface area contributed by atoms with Crippen molar-refractivity contribution < 1.29 is 23.1 Å². The Balaban J connectivity index is 1.65. The van der Waals surface area contributed by atoms with Gasteiger partial charge in [-0.15, -0.1) is 0 Å². The molecule has 0 unspecified atom stereocenters. The molecule has 2 fully saturated rings. The maximum atomic E-state index is 13.5. The van der Waals surface area contributed by atoms with Gasteiger partial charge in [-0.25, -0.2) is 8.78 Å². The molecular formula is C16H18F2N2O3. The third-order valence-electron chi connectivity index (χ3n) is 3.88. The van der Waals surface area contributed by atoms with Crippen LogP contribution in [0.1, 0.15) is 23.2 Å². The number of halogens is 2. The van der Waals surface area contributed by atoms with E-state index in [0.717, 1.165) is 17.7 Å². The fourth-order valence-corrected chi connectivity index (χ4v) is 2.44. The molecule has 0 atom stereocenters. The van der Waals surface area contributed by atoms with Gasteiger partial charge in [0.25, 0.3) is 11.8 Å². The minimum Gasteiger partial charge on any atom is -0.373 e. The van der Waals surface area contributed by atoms with Crippen LogP contribution in [0.5, 0.6) is 0 Å². The van der Waals surface area contributed by atoms with Gasteiger partial charge in [-0.1, -0.05) is 0 Å². The Labute approximate surface area is 132 Å². The van der Waals surface area contributed by atoms with Gasteiger partial charge in [0.15, 0.2) is 0 Å². The number of carbonyl (C=O) groups is 2. The fourth-order valence-electron chi connectivity index (χ4n) is 2.44. The summed E-state index contributed by atoms with van der Waals surface area (Å²) in [7, 11) is 0. The molecule has 0 bridgehead atoms. The Kier molecular flexibility index (Phi) is 4.30. The Morgan fingerprint density at radius 2 is 1.91 bits per heavy atom. The van der Waals surface area contributed by atoms with E-state index >= 15 is 0 Å². The highest BCUT2D eigenvalue weighted by atomic mass is 19.3. The molecule has 0 radical (unpaired) electrons. The fraction of sp³-hybridized carbons (Fsp3) is 0.500. The standard InChI is InChI=1S/C16H18F2N2O3/c17-16(18)9-20(7-8-23-10-16)15(22)12-3-5-13(6-4-12)19-14(21)11-1-2-11/h3-6,11H,1-2,7-10H2,(H,19,21). The first kappa shape index (κ1) is 15.9. The third-order valence-corrected chi connectivity index (χ3v) is 3.88. The average Bonchev–Trinajstić information content (AvgIpc) is 3.35. The van der Waals surface area contributed by atoms with Crippen LogP contribution in [0.3, 0.4) is 0 Å². The minimum atomic E-state index is -3.04. The van der Waals surface area contributed by atoms with E-state index in [0.29, 0.717) is 11.3 Å². The van der Waals surface area contributed by atoms with Crippen molar-refractivity contribution in [1.82, 2.24) is 4.90 Å². The van der Waals surface area contributed by atoms with E-state index in [1.54, 1.807) is 12.1 Å². The van der Waals surface area contributed by atoms with Crippen molar-refractivity contribution in [1.29, 1.82) is 0 Å². The smallest absolute Gasteiger partial charge is 0.288 e. The lowest BCUT2D eigenvalue weighted by molar-refractivity contribution is -0.117. The summed E-state index contributed by atoms with van der Waals surface area (Å²) in [6, 6.07) is 6.30. The normalized spacial score (nSPS) is 20.7. The summed E-state index contributed by atoms with van der Waals surface area (Å²) in [5.41, 5.74) is 0.912. The molecule has 1 saturated carbocycles. The van der Waals surface area contributed by atoms with Crippen LogP contribution < -0.4 is 5.32 Å². The summed E-state index contributed by atoms with van der Waals surface area (Å²) in [6.07, 6.45) is 1.82. The van der Waals surface area contributed by atoms with E-state index in [-0.39, 0.29) is 25.0 Å². The molecule has 23 heavy (non-hydrogen) atoms. The number of alkyl halides is 2. The first-order valence-electron chi connectivity index (χ1n) is 7.60. The number of anilines is 1. The number of hydrogen-bond donors (Lipinski definition) is 1. The van der Waals surface area contributed by atoms with E-state index in [1.807, 2.05) is 0 Å². The largest absolute Gasteiger partial charge is 0.373 e. The number of carbonyl (C=O) groups excluding carboxylic acids is 2. The average molecular weight is 324 g/mol. The van der Waals surface area contributed by atoms with Crippen molar-refractivity contribution in [3.8, 4) is 0 Å². The van der Waals surface area contributed by atoms with E-state index in [1.165, 1.54) is 12.1 Å². The van der Waals surface area contributed by atoms with E-state index in [9.17, 15) is 18.4 Å². The maximum absolute atomic E-state index is 13.5. The van der Waals surface area contributed by atoms with E-state index in [4.69, 9.17) is 4.74 Å². The third kappa shape index (κ3) is 4.04. The number of rotatable bonds is 3. The zero-order valence-electron chi connectivity index (χ0n) is 12.6. The second kappa shape index (κ2) is 6.23. The number of hydrogen-bond acceptors (Lipinski definition) is 3. The molecule has 2 amide bonds. The number of ether oxygens (including phenoxy) is 1. The predicted octanol–water partition coefficient (Wildman–Crippen LogP) is 2.14. The molecule has 2 aliphatic rings. The molecule has 0 aromatic heterocycles. The van der Waals surface area contributed by atoms with Crippen LogP contribution in [0.4, 0.5) is 14.5 Å². The predicted molar refractivity (Wildman–Crippen MR) is 79.5 cm³/mol. The number of nitrogens with zero attached hydrogens (tertiary/aromatic N) is 1. The highest BCUT2D eigenvalue weighted by molar-refractivity contribution is 5.96. The van der Waals surface area contributed by atoms with E-state index in [2.05, 4.69) is 5.32 Å². The molecule has 7 heteroatoms. The summed E-state index contributed by atoms with van der Waals surface area (Å²) in [4.78, 5) is 25.1. The Bertz CT molecular complexity index is 600. The molecule has 5 nitrogen and oxygen atoms in total. The number of nitrogens with one attached hydrogen (secondary N) is 1. The van der Waals surface area contributed by atoms with Gasteiger partial charge in [0.1, 0.15) is 6.61 Å². The second-order valence-electron chi connectivity index (χ2n) is 5.98. The zero-order chi connectivity index (χ0) is 16.4. The zero-order valence-corrected chi connectivity index (χ0v) is 12.6. The highest BCUT2D eigenvalue weighted by Crippen LogP contribution is 2.30. The van der Waals surface area contributed by atoms with Gasteiger partial charge in [0.05, 0.1) is 13.2 Å². The van der Waals surface area contributed by atoms with Gasteiger partial charge in [-0.2, -0.15) is 0 Å². The molecule has 1 saturated heterocycles. The summed E-state index contributed by atoms with van der Waals surface area (Å²) in [6.45, 7) is -1.08. The van der Waals surface area contributed by atoms with Crippen LogP contribution >= 0.6 is 0 Å². The first-order chi connectivity index (χ1) is 10.9. The topological polar surface area (TPSA) is 58.6 Å². The lowest BCUT2D eigenvalue weighted by Gasteiger charge is -2.23. The summed E-state index contributed by atoms with van der Waals surface area (Å²) in [5, 5.41) is 2.77. The Morgan fingerprint density at radius 3 is 2.57 bits per heavy atom. The van der Waals surface area contributed by atoms with E-state index < -0.39 is 25.0 Å². The van der Waals surface area contributed by atoms with Crippen molar-refractivity contribution in [3.63, 3.8) is 0 Å². The maximum Gasteiger partial charge on any atom is 0.288 e. The first-order valence-corrected chi connectivity index (χ1v) is 7.60. The van der Waals surface area contributed by atoms with Crippen molar-refractivity contribution in [2.75, 3.05) is 31.6 Å². The monoisotopic (exact) mass is 324 g/mol. The molecule has 1 aromatic carbocycles. The van der Waals surface area contributed by atoms with Gasteiger partial charge < -0.3 is 15.0 Å². The van der Waals surface area contributed by atoms with Crippen LogP contribution in [0.15, 0.2) is 24.3 Å². The minimum absolute atomic E-state index is 0.0200. The van der Waals surface area contributed by atoms with Gasteiger partial charge in [0, 0.05) is 23.7 Å². The van der Waals surface area contributed by atoms with Crippen LogP contribution in [0.2, 0.25) is 0 Å². The van der Waals surface area contributed by atoms with Gasteiger partial charge >= 0.3 is 0 Å². The highest BCUT2D eigenvalue weighted by Gasteiger charge is 2.36. The molecule has 3 rings (SSSR count). The molecular weight excluding hydrogens is 306 g/mol. The van der Waals surface area contributed by atoms with Crippen molar-refractivity contribution in [3.05, 3.63) is 29.8 Å². The molecule has 1 aliphatic heterocycles. The Hall–Kier alpha value is -2.02. The van der Waals surface area contributed by atoms with Gasteiger partial charge in [-0.3, -0.25) is 9.59 Å². The van der Waals surface area contributed by atoms with Crippen LogP contribution in [-0.2, 0) is 9.53 Å². The summed E-state index contributed by atoms with van der Waals surface area (Å²) in [5.74, 6) is -3.43. The summed E-state index contributed by atoms with van der Waals surface area (Å²) >= 11 is 0. The van der Waals surface area contributed by atoms with Gasteiger partial charge in [-0.05, 0) is 37.1 Å². The number of benzene rings is 1. The molecule has 0 spiro atoms. The second-order valence-corrected chi connectivity index (χ2v) is 5.98. The van der Waals surface area contributed by atoms with Crippen molar-refractivity contribution in [2.45, 2.75) is 18.8 Å². The van der Waals surface area contributed by atoms with Crippen LogP contribution in [0.25, 0.3) is 0 Å². The quantitative estimate of drug-likeness (QED) is 0.927. The lowest BCUT2D eigenvalue weighted by atomic mass is 10.1. The van der Waals surface area contributed by atoms with Crippen LogP contribution in [0, 0.1) is 5.92 Å². The molecule has 1 heterocycles. The van der Waals surface area contributed by atoms with Gasteiger partial charge in [0.2, 0.25) is 5.91 Å². The van der Waals surface area contributed by atoms with Crippen molar-refractivity contribution >= 4 is 17.5 Å². The molecule has 1 aliphatic carbocycles. The van der Waals surface area contributed by atoms with Crippen LogP contribution in [-0.4, -0.2) is 48.9 Å². The number of amides is 2. The molecule has 1 aromatic rings.